The van der Waals surface area contributed by atoms with Crippen LogP contribution in [0.5, 0.6) is 0 Å². The number of nitrogens with one attached hydrogen (secondary N) is 3. The Morgan fingerprint density at radius 3 is 2.50 bits per heavy atom. The van der Waals surface area contributed by atoms with Crippen molar-refractivity contribution in [2.75, 3.05) is 11.1 Å². The van der Waals surface area contributed by atoms with E-state index in [2.05, 4.69) is 16.2 Å². The number of rotatable bonds is 5. The minimum absolute atomic E-state index is 0.150. The number of benzene rings is 2. The Kier molecular flexibility index (Phi) is 6.95. The van der Waals surface area contributed by atoms with Crippen LogP contribution < -0.4 is 16.2 Å². The van der Waals surface area contributed by atoms with Gasteiger partial charge in [0.15, 0.2) is 5.11 Å². The maximum absolute atomic E-state index is 13.0. The second-order valence-corrected chi connectivity index (χ2v) is 6.15. The number of hydrogen-bond donors (Lipinski definition) is 3. The maximum Gasteiger partial charge on any atom is 0.248 e. The fourth-order valence-corrected chi connectivity index (χ4v) is 2.69. The van der Waals surface area contributed by atoms with Crippen LogP contribution >= 0.6 is 24.0 Å². The fourth-order valence-electron chi connectivity index (χ4n) is 1.73. The molecule has 0 radical (unpaired) electrons. The molecule has 2 rings (SSSR count). The molecule has 0 bridgehead atoms. The third-order valence-corrected chi connectivity index (χ3v) is 4.02. The summed E-state index contributed by atoms with van der Waals surface area (Å²) < 4.78 is 25.8. The zero-order chi connectivity index (χ0) is 17.4. The fraction of sp³-hybridized carbons (Fsp3) is 0.125. The van der Waals surface area contributed by atoms with Gasteiger partial charge in [-0.05, 0) is 48.1 Å². The molecule has 0 heterocycles. The quantitative estimate of drug-likeness (QED) is 0.560. The smallest absolute Gasteiger partial charge is 0.248 e. The van der Waals surface area contributed by atoms with E-state index in [9.17, 15) is 13.6 Å². The van der Waals surface area contributed by atoms with Crippen molar-refractivity contribution in [1.29, 1.82) is 0 Å². The summed E-state index contributed by atoms with van der Waals surface area (Å²) >= 11 is 6.39. The number of thioether (sulfide) groups is 1. The largest absolute Gasteiger partial charge is 0.331 e. The Labute approximate surface area is 148 Å². The number of halogens is 2. The molecule has 0 aliphatic carbocycles. The maximum atomic E-state index is 13.0. The van der Waals surface area contributed by atoms with Crippen molar-refractivity contribution >= 4 is 40.7 Å². The lowest BCUT2D eigenvalue weighted by Crippen LogP contribution is -2.44. The highest BCUT2D eigenvalue weighted by Gasteiger charge is 2.04. The molecule has 0 aliphatic rings. The van der Waals surface area contributed by atoms with E-state index >= 15 is 0 Å². The topological polar surface area (TPSA) is 53.2 Å². The molecular weight excluding hydrogens is 352 g/mol. The summed E-state index contributed by atoms with van der Waals surface area (Å²) in [5, 5.41) is 2.90. The Bertz CT molecular complexity index is 711. The lowest BCUT2D eigenvalue weighted by Gasteiger charge is -2.11. The molecule has 0 fully saturated rings. The highest BCUT2D eigenvalue weighted by molar-refractivity contribution is 7.99. The first-order chi connectivity index (χ1) is 11.5. The van der Waals surface area contributed by atoms with Crippen molar-refractivity contribution in [2.45, 2.75) is 5.75 Å². The Morgan fingerprint density at radius 2 is 1.79 bits per heavy atom. The predicted octanol–water partition coefficient (Wildman–Crippen LogP) is 3.22. The summed E-state index contributed by atoms with van der Waals surface area (Å²) in [4.78, 5) is 11.7. The van der Waals surface area contributed by atoms with E-state index < -0.39 is 0 Å². The molecule has 4 nitrogen and oxygen atoms in total. The number of thiocarbonyl (C=S) groups is 1. The molecule has 0 aliphatic heterocycles. The van der Waals surface area contributed by atoms with Gasteiger partial charge in [0.1, 0.15) is 11.6 Å². The van der Waals surface area contributed by atoms with Crippen LogP contribution in [-0.4, -0.2) is 16.8 Å². The summed E-state index contributed by atoms with van der Waals surface area (Å²) in [6, 6.07) is 11.9. The zero-order valence-electron chi connectivity index (χ0n) is 12.5. The van der Waals surface area contributed by atoms with E-state index in [0.717, 1.165) is 5.56 Å². The number of hydrogen-bond acceptors (Lipinski definition) is 3. The summed E-state index contributed by atoms with van der Waals surface area (Å²) in [5.41, 5.74) is 6.40. The molecular formula is C16H15F2N3OS2. The van der Waals surface area contributed by atoms with Crippen LogP contribution in [0.15, 0.2) is 48.5 Å². The van der Waals surface area contributed by atoms with Gasteiger partial charge >= 0.3 is 0 Å². The highest BCUT2D eigenvalue weighted by Crippen LogP contribution is 2.12. The molecule has 0 spiro atoms. The van der Waals surface area contributed by atoms with Gasteiger partial charge in [-0.2, -0.15) is 0 Å². The van der Waals surface area contributed by atoms with Crippen LogP contribution in [-0.2, 0) is 10.5 Å². The van der Waals surface area contributed by atoms with Gasteiger partial charge in [0.05, 0.1) is 5.75 Å². The lowest BCUT2D eigenvalue weighted by molar-refractivity contribution is -0.119. The van der Waals surface area contributed by atoms with E-state index in [-0.39, 0.29) is 28.4 Å². The Hall–Kier alpha value is -2.19. The van der Waals surface area contributed by atoms with Crippen molar-refractivity contribution in [3.8, 4) is 0 Å². The molecule has 126 valence electrons. The summed E-state index contributed by atoms with van der Waals surface area (Å²) in [6.45, 7) is 0. The van der Waals surface area contributed by atoms with Gasteiger partial charge in [-0.25, -0.2) is 8.78 Å². The average Bonchev–Trinajstić information content (AvgIpc) is 2.55. The van der Waals surface area contributed by atoms with E-state index in [1.165, 1.54) is 36.0 Å². The first-order valence-corrected chi connectivity index (χ1v) is 8.53. The molecule has 2 aromatic carbocycles. The molecule has 0 saturated heterocycles. The number of carbonyl (C=O) groups excluding carboxylic acids is 1. The zero-order valence-corrected chi connectivity index (χ0v) is 14.1. The van der Waals surface area contributed by atoms with Gasteiger partial charge in [0.25, 0.3) is 0 Å². The highest BCUT2D eigenvalue weighted by atomic mass is 32.2. The van der Waals surface area contributed by atoms with Crippen LogP contribution in [0, 0.1) is 11.6 Å². The molecule has 0 unspecified atom stereocenters. The average molecular weight is 367 g/mol. The van der Waals surface area contributed by atoms with Crippen molar-refractivity contribution < 1.29 is 13.6 Å². The summed E-state index contributed by atoms with van der Waals surface area (Å²) in [5.74, 6) is -0.119. The van der Waals surface area contributed by atoms with Gasteiger partial charge < -0.3 is 5.32 Å². The minimum Gasteiger partial charge on any atom is -0.331 e. The van der Waals surface area contributed by atoms with Crippen LogP contribution in [0.3, 0.4) is 0 Å². The molecule has 3 N–H and O–H groups in total. The monoisotopic (exact) mass is 367 g/mol. The number of carbonyl (C=O) groups is 1. The second kappa shape index (κ2) is 9.19. The van der Waals surface area contributed by atoms with Gasteiger partial charge in [-0.1, -0.05) is 18.2 Å². The summed E-state index contributed by atoms with van der Waals surface area (Å²) in [7, 11) is 0. The lowest BCUT2D eigenvalue weighted by atomic mass is 10.2. The number of amides is 1. The molecule has 0 saturated carbocycles. The Morgan fingerprint density at radius 1 is 1.04 bits per heavy atom. The normalized spacial score (nSPS) is 10.1. The van der Waals surface area contributed by atoms with Crippen LogP contribution in [0.2, 0.25) is 0 Å². The van der Waals surface area contributed by atoms with Crippen LogP contribution in [0.1, 0.15) is 5.56 Å². The third kappa shape index (κ3) is 6.51. The van der Waals surface area contributed by atoms with E-state index in [4.69, 9.17) is 12.2 Å². The Balaban J connectivity index is 1.65. The van der Waals surface area contributed by atoms with Crippen molar-refractivity contribution in [1.82, 2.24) is 10.9 Å². The van der Waals surface area contributed by atoms with Crippen molar-refractivity contribution in [2.24, 2.45) is 0 Å². The standard InChI is InChI=1S/C16H15F2N3OS2/c17-12-6-4-11(5-7-12)9-24-10-15(22)20-21-16(23)19-14-3-1-2-13(18)8-14/h1-8H,9-10H2,(H,20,22)(H2,19,21,23). The third-order valence-electron chi connectivity index (χ3n) is 2.81. The second-order valence-electron chi connectivity index (χ2n) is 4.76. The number of anilines is 1. The van der Waals surface area contributed by atoms with Crippen LogP contribution in [0.4, 0.5) is 14.5 Å². The van der Waals surface area contributed by atoms with Gasteiger partial charge in [0.2, 0.25) is 5.91 Å². The predicted molar refractivity (Wildman–Crippen MR) is 96.5 cm³/mol. The van der Waals surface area contributed by atoms with E-state index in [1.807, 2.05) is 0 Å². The SMILES string of the molecule is O=C(CSCc1ccc(F)cc1)NNC(=S)Nc1cccc(F)c1. The van der Waals surface area contributed by atoms with E-state index in [1.54, 1.807) is 24.3 Å². The molecule has 8 heteroatoms. The number of hydrazine groups is 1. The first-order valence-electron chi connectivity index (χ1n) is 6.96. The molecule has 24 heavy (non-hydrogen) atoms. The van der Waals surface area contributed by atoms with Gasteiger partial charge in [-0.15, -0.1) is 11.8 Å². The van der Waals surface area contributed by atoms with Crippen LogP contribution in [0.25, 0.3) is 0 Å². The van der Waals surface area contributed by atoms with Crippen molar-refractivity contribution in [3.05, 3.63) is 65.7 Å². The molecule has 1 amide bonds. The molecule has 2 aromatic rings. The van der Waals surface area contributed by atoms with E-state index in [0.29, 0.717) is 11.4 Å². The van der Waals surface area contributed by atoms with Gasteiger partial charge in [-0.3, -0.25) is 15.6 Å². The first kappa shape index (κ1) is 18.2. The minimum atomic E-state index is -0.385. The summed E-state index contributed by atoms with van der Waals surface area (Å²) in [6.07, 6.45) is 0. The van der Waals surface area contributed by atoms with Crippen molar-refractivity contribution in [3.63, 3.8) is 0 Å². The molecule has 0 aromatic heterocycles. The van der Waals surface area contributed by atoms with Gasteiger partial charge in [0, 0.05) is 11.4 Å². The molecule has 0 atom stereocenters.